The van der Waals surface area contributed by atoms with Crippen molar-refractivity contribution in [1.82, 2.24) is 0 Å². The first-order chi connectivity index (χ1) is 5.41. The lowest BCUT2D eigenvalue weighted by molar-refractivity contribution is -0.0538. The van der Waals surface area contributed by atoms with E-state index in [4.69, 9.17) is 22.1 Å². The number of hydrogen-bond acceptors (Lipinski definition) is 2. The van der Waals surface area contributed by atoms with E-state index in [1.807, 2.05) is 0 Å². The maximum Gasteiger partial charge on any atom is 0.146 e. The standard InChI is InChI=1S/C8H17O2S/c1-2-3-5-9-8-10-6-4-7-11/h2-8H2,1H3. The number of unbranched alkanes of at least 4 members (excludes halogenated alkanes) is 1. The van der Waals surface area contributed by atoms with Gasteiger partial charge in [0.05, 0.1) is 6.61 Å². The molecule has 0 atom stereocenters. The largest absolute Gasteiger partial charge is 0.355 e. The summed E-state index contributed by atoms with van der Waals surface area (Å²) in [6.45, 7) is 4.11. The summed E-state index contributed by atoms with van der Waals surface area (Å²) in [5.74, 6) is 0.773. The zero-order valence-electron chi connectivity index (χ0n) is 7.17. The second kappa shape index (κ2) is 10.3. The fourth-order valence-corrected chi connectivity index (χ4v) is 0.702. The quantitative estimate of drug-likeness (QED) is 0.418. The third-order valence-electron chi connectivity index (χ3n) is 1.24. The summed E-state index contributed by atoms with van der Waals surface area (Å²) in [4.78, 5) is 0. The molecular weight excluding hydrogens is 160 g/mol. The molecule has 11 heavy (non-hydrogen) atoms. The van der Waals surface area contributed by atoms with Crippen LogP contribution >= 0.6 is 12.6 Å². The smallest absolute Gasteiger partial charge is 0.146 e. The van der Waals surface area contributed by atoms with Gasteiger partial charge in [0.25, 0.3) is 0 Å². The third kappa shape index (κ3) is 10.3. The summed E-state index contributed by atoms with van der Waals surface area (Å²) in [5, 5.41) is 0. The van der Waals surface area contributed by atoms with Gasteiger partial charge in [0, 0.05) is 12.4 Å². The van der Waals surface area contributed by atoms with E-state index >= 15 is 0 Å². The molecule has 0 fully saturated rings. The van der Waals surface area contributed by atoms with Gasteiger partial charge >= 0.3 is 0 Å². The van der Waals surface area contributed by atoms with Crippen LogP contribution in [0.5, 0.6) is 0 Å². The van der Waals surface area contributed by atoms with Crippen LogP contribution in [0.2, 0.25) is 0 Å². The van der Waals surface area contributed by atoms with Gasteiger partial charge in [-0.15, -0.1) is 0 Å². The molecule has 0 N–H and O–H groups in total. The van der Waals surface area contributed by atoms with Crippen molar-refractivity contribution >= 4 is 12.6 Å². The van der Waals surface area contributed by atoms with Gasteiger partial charge in [0.1, 0.15) is 6.79 Å². The highest BCUT2D eigenvalue weighted by Gasteiger charge is 1.87. The molecule has 0 unspecified atom stereocenters. The van der Waals surface area contributed by atoms with E-state index in [-0.39, 0.29) is 0 Å². The molecule has 0 bridgehead atoms. The molecule has 1 radical (unpaired) electrons. The summed E-state index contributed by atoms with van der Waals surface area (Å²) in [5.41, 5.74) is 0. The minimum absolute atomic E-state index is 0.426. The molecule has 0 aliphatic heterocycles. The van der Waals surface area contributed by atoms with E-state index in [0.717, 1.165) is 31.8 Å². The molecule has 0 amide bonds. The molecule has 0 aromatic heterocycles. The lowest BCUT2D eigenvalue weighted by Crippen LogP contribution is -2.02. The van der Waals surface area contributed by atoms with Crippen LogP contribution < -0.4 is 0 Å². The van der Waals surface area contributed by atoms with Crippen LogP contribution in [0.3, 0.4) is 0 Å². The Hall–Kier alpha value is 0.270. The Bertz CT molecular complexity index is 61.1. The van der Waals surface area contributed by atoms with E-state index in [1.54, 1.807) is 0 Å². The van der Waals surface area contributed by atoms with Gasteiger partial charge in [-0.25, -0.2) is 0 Å². The molecule has 2 nitrogen and oxygen atoms in total. The molecule has 0 aliphatic carbocycles. The lowest BCUT2D eigenvalue weighted by Gasteiger charge is -2.03. The average molecular weight is 177 g/mol. The summed E-state index contributed by atoms with van der Waals surface area (Å²) in [6.07, 6.45) is 3.24. The highest BCUT2D eigenvalue weighted by atomic mass is 32.1. The Morgan fingerprint density at radius 3 is 2.27 bits per heavy atom. The maximum atomic E-state index is 5.16. The van der Waals surface area contributed by atoms with Crippen molar-refractivity contribution in [2.45, 2.75) is 26.2 Å². The SMILES string of the molecule is CCCCOCOCCC[S]. The van der Waals surface area contributed by atoms with Gasteiger partial charge in [-0.05, 0) is 12.8 Å². The molecule has 0 spiro atoms. The Morgan fingerprint density at radius 2 is 1.73 bits per heavy atom. The topological polar surface area (TPSA) is 18.5 Å². The molecule has 0 aromatic rings. The average Bonchev–Trinajstić information content (AvgIpc) is 2.03. The van der Waals surface area contributed by atoms with Crippen LogP contribution in [0.4, 0.5) is 0 Å². The van der Waals surface area contributed by atoms with E-state index in [1.165, 1.54) is 6.42 Å². The molecule has 0 heterocycles. The summed E-state index contributed by atoms with van der Waals surface area (Å²) in [7, 11) is 0. The van der Waals surface area contributed by atoms with Gasteiger partial charge in [0.2, 0.25) is 0 Å². The zero-order chi connectivity index (χ0) is 8.36. The summed E-state index contributed by atoms with van der Waals surface area (Å²) in [6, 6.07) is 0. The fourth-order valence-electron chi connectivity index (χ4n) is 0.584. The van der Waals surface area contributed by atoms with Gasteiger partial charge in [-0.1, -0.05) is 26.0 Å². The molecule has 0 saturated heterocycles. The van der Waals surface area contributed by atoms with Gasteiger partial charge in [-0.3, -0.25) is 0 Å². The molecule has 0 rings (SSSR count). The molecule has 0 saturated carbocycles. The Morgan fingerprint density at radius 1 is 1.09 bits per heavy atom. The Balaban J connectivity index is 2.69. The second-order valence-corrected chi connectivity index (χ2v) is 2.75. The van der Waals surface area contributed by atoms with Crippen molar-refractivity contribution < 1.29 is 9.47 Å². The highest BCUT2D eigenvalue weighted by molar-refractivity contribution is 7.80. The van der Waals surface area contributed by atoms with Crippen LogP contribution in [0.25, 0.3) is 0 Å². The minimum atomic E-state index is 0.426. The second-order valence-electron chi connectivity index (χ2n) is 2.35. The number of rotatable bonds is 8. The first-order valence-corrected chi connectivity index (χ1v) is 4.73. The van der Waals surface area contributed by atoms with E-state index < -0.39 is 0 Å². The van der Waals surface area contributed by atoms with Crippen molar-refractivity contribution in [3.8, 4) is 0 Å². The molecule has 0 aliphatic rings. The van der Waals surface area contributed by atoms with Crippen LogP contribution in [0, 0.1) is 0 Å². The Kier molecular flexibility index (Phi) is 10.5. The van der Waals surface area contributed by atoms with E-state index in [0.29, 0.717) is 6.79 Å². The van der Waals surface area contributed by atoms with Gasteiger partial charge in [-0.2, -0.15) is 0 Å². The van der Waals surface area contributed by atoms with E-state index in [9.17, 15) is 0 Å². The van der Waals surface area contributed by atoms with Crippen LogP contribution in [-0.2, 0) is 9.47 Å². The molecular formula is C8H17O2S. The first-order valence-electron chi connectivity index (χ1n) is 4.15. The third-order valence-corrected chi connectivity index (χ3v) is 1.53. The van der Waals surface area contributed by atoms with Crippen molar-refractivity contribution in [1.29, 1.82) is 0 Å². The fraction of sp³-hybridized carbons (Fsp3) is 1.00. The van der Waals surface area contributed by atoms with Crippen LogP contribution in [0.1, 0.15) is 26.2 Å². The van der Waals surface area contributed by atoms with Crippen molar-refractivity contribution in [2.24, 2.45) is 0 Å². The number of ether oxygens (including phenoxy) is 2. The highest BCUT2D eigenvalue weighted by Crippen LogP contribution is 1.89. The van der Waals surface area contributed by atoms with Crippen molar-refractivity contribution in [2.75, 3.05) is 25.8 Å². The maximum absolute atomic E-state index is 5.16. The molecule has 3 heteroatoms. The Labute approximate surface area is 74.7 Å². The normalized spacial score (nSPS) is 10.4. The van der Waals surface area contributed by atoms with Gasteiger partial charge < -0.3 is 9.47 Å². The summed E-state index contributed by atoms with van der Waals surface area (Å²) >= 11 is 4.75. The lowest BCUT2D eigenvalue weighted by atomic mass is 10.4. The van der Waals surface area contributed by atoms with Crippen molar-refractivity contribution in [3.05, 3.63) is 0 Å². The first kappa shape index (κ1) is 11.3. The zero-order valence-corrected chi connectivity index (χ0v) is 7.99. The predicted molar refractivity (Wildman–Crippen MR) is 48.8 cm³/mol. The predicted octanol–water partition coefficient (Wildman–Crippen LogP) is 2.36. The van der Waals surface area contributed by atoms with E-state index in [2.05, 4.69) is 6.92 Å². The minimum Gasteiger partial charge on any atom is -0.355 e. The summed E-state index contributed by atoms with van der Waals surface area (Å²) < 4.78 is 10.3. The van der Waals surface area contributed by atoms with Gasteiger partial charge in [0.15, 0.2) is 0 Å². The monoisotopic (exact) mass is 177 g/mol. The van der Waals surface area contributed by atoms with Crippen LogP contribution in [-0.4, -0.2) is 25.8 Å². The van der Waals surface area contributed by atoms with Crippen LogP contribution in [0.15, 0.2) is 0 Å². The van der Waals surface area contributed by atoms with Crippen molar-refractivity contribution in [3.63, 3.8) is 0 Å². The molecule has 67 valence electrons. The molecule has 0 aromatic carbocycles. The number of hydrogen-bond donors (Lipinski definition) is 0.